The number of nitrogens with zero attached hydrogens (tertiary/aromatic N) is 3. The van der Waals surface area contributed by atoms with Crippen LogP contribution < -0.4 is 5.73 Å². The Balaban J connectivity index is 2.16. The van der Waals surface area contributed by atoms with Gasteiger partial charge in [-0.15, -0.1) is 0 Å². The van der Waals surface area contributed by atoms with Crippen LogP contribution in [0.5, 0.6) is 0 Å². The smallest absolute Gasteiger partial charge is 0.228 e. The van der Waals surface area contributed by atoms with Crippen LogP contribution in [0.15, 0.2) is 16.8 Å². The van der Waals surface area contributed by atoms with E-state index in [1.807, 2.05) is 19.9 Å². The van der Waals surface area contributed by atoms with Crippen LogP contribution >= 0.6 is 0 Å². The lowest BCUT2D eigenvalue weighted by Crippen LogP contribution is -2.28. The zero-order valence-corrected chi connectivity index (χ0v) is 11.4. The van der Waals surface area contributed by atoms with Crippen molar-refractivity contribution in [2.75, 3.05) is 13.7 Å². The summed E-state index contributed by atoms with van der Waals surface area (Å²) in [7, 11) is 1.61. The molecule has 0 fully saturated rings. The van der Waals surface area contributed by atoms with Crippen LogP contribution in [0.2, 0.25) is 0 Å². The number of methoxy groups -OCH3 is 1. The van der Waals surface area contributed by atoms with E-state index >= 15 is 0 Å². The Morgan fingerprint density at radius 2 is 2.21 bits per heavy atom. The predicted molar refractivity (Wildman–Crippen MR) is 70.6 cm³/mol. The number of ether oxygens (including phenoxy) is 1. The van der Waals surface area contributed by atoms with E-state index in [4.69, 9.17) is 15.0 Å². The Bertz CT molecular complexity index is 553. The molecule has 19 heavy (non-hydrogen) atoms. The summed E-state index contributed by atoms with van der Waals surface area (Å²) in [6.07, 6.45) is 2.28. The number of hydrogen-bond donors (Lipinski definition) is 1. The average molecular weight is 262 g/mol. The molecule has 6 nitrogen and oxygen atoms in total. The third-order valence-electron chi connectivity index (χ3n) is 2.71. The molecule has 0 spiro atoms. The Morgan fingerprint density at radius 3 is 2.89 bits per heavy atom. The van der Waals surface area contributed by atoms with E-state index in [-0.39, 0.29) is 6.04 Å². The average Bonchev–Trinajstić information content (AvgIpc) is 2.77. The van der Waals surface area contributed by atoms with Crippen LogP contribution in [-0.4, -0.2) is 34.9 Å². The number of rotatable bonds is 5. The maximum atomic E-state index is 5.85. The van der Waals surface area contributed by atoms with Crippen molar-refractivity contribution >= 4 is 0 Å². The first kappa shape index (κ1) is 13.6. The van der Waals surface area contributed by atoms with E-state index < -0.39 is 0 Å². The summed E-state index contributed by atoms with van der Waals surface area (Å²) in [5.41, 5.74) is 8.71. The van der Waals surface area contributed by atoms with E-state index in [2.05, 4.69) is 15.1 Å². The fourth-order valence-electron chi connectivity index (χ4n) is 1.88. The first-order chi connectivity index (χ1) is 9.10. The Hall–Kier alpha value is -1.79. The van der Waals surface area contributed by atoms with Crippen molar-refractivity contribution in [2.45, 2.75) is 26.3 Å². The highest BCUT2D eigenvalue weighted by molar-refractivity contribution is 5.53. The van der Waals surface area contributed by atoms with E-state index in [1.165, 1.54) is 0 Å². The number of pyridine rings is 1. The van der Waals surface area contributed by atoms with Crippen LogP contribution in [0.1, 0.15) is 17.0 Å². The molecule has 0 radical (unpaired) electrons. The molecule has 1 unspecified atom stereocenters. The summed E-state index contributed by atoms with van der Waals surface area (Å²) in [5.74, 6) is 0.999. The lowest BCUT2D eigenvalue weighted by atomic mass is 10.1. The van der Waals surface area contributed by atoms with Gasteiger partial charge in [0.05, 0.1) is 6.61 Å². The summed E-state index contributed by atoms with van der Waals surface area (Å²) in [4.78, 5) is 8.65. The molecule has 0 aliphatic heterocycles. The minimum Gasteiger partial charge on any atom is -0.383 e. The van der Waals surface area contributed by atoms with Crippen LogP contribution in [0, 0.1) is 13.8 Å². The van der Waals surface area contributed by atoms with Crippen molar-refractivity contribution in [1.29, 1.82) is 0 Å². The monoisotopic (exact) mass is 262 g/mol. The van der Waals surface area contributed by atoms with Gasteiger partial charge >= 0.3 is 0 Å². The molecule has 102 valence electrons. The maximum Gasteiger partial charge on any atom is 0.228 e. The molecule has 2 aromatic heterocycles. The topological polar surface area (TPSA) is 87.1 Å². The molecular formula is C13H18N4O2. The second-order valence-corrected chi connectivity index (χ2v) is 4.61. The fourth-order valence-corrected chi connectivity index (χ4v) is 1.88. The Labute approximate surface area is 112 Å². The minimum absolute atomic E-state index is 0.148. The predicted octanol–water partition coefficient (Wildman–Crippen LogP) is 1.26. The molecule has 2 rings (SSSR count). The standard InChI is InChI=1S/C13H18N4O2/c1-8-4-9(2)12(15-6-8)13-16-11(19-17-13)5-10(14)7-18-3/h4,6,10H,5,7,14H2,1-3H3. The van der Waals surface area contributed by atoms with E-state index in [0.717, 1.165) is 16.8 Å². The molecule has 0 aliphatic carbocycles. The van der Waals surface area contributed by atoms with Crippen molar-refractivity contribution < 1.29 is 9.26 Å². The third-order valence-corrected chi connectivity index (χ3v) is 2.71. The fraction of sp³-hybridized carbons (Fsp3) is 0.462. The molecule has 0 aromatic carbocycles. The van der Waals surface area contributed by atoms with Gasteiger partial charge in [-0.1, -0.05) is 11.2 Å². The van der Waals surface area contributed by atoms with Gasteiger partial charge < -0.3 is 15.0 Å². The zero-order chi connectivity index (χ0) is 13.8. The highest BCUT2D eigenvalue weighted by atomic mass is 16.5. The first-order valence-electron chi connectivity index (χ1n) is 6.11. The van der Waals surface area contributed by atoms with Gasteiger partial charge in [0.15, 0.2) is 0 Å². The van der Waals surface area contributed by atoms with Crippen molar-refractivity contribution in [3.8, 4) is 11.5 Å². The molecule has 0 amide bonds. The van der Waals surface area contributed by atoms with Crippen molar-refractivity contribution in [2.24, 2.45) is 5.73 Å². The summed E-state index contributed by atoms with van der Waals surface area (Å²) >= 11 is 0. The number of nitrogens with two attached hydrogens (primary N) is 1. The van der Waals surface area contributed by atoms with Crippen molar-refractivity contribution in [3.05, 3.63) is 29.3 Å². The summed E-state index contributed by atoms with van der Waals surface area (Å²) in [5, 5.41) is 3.95. The van der Waals surface area contributed by atoms with Crippen LogP contribution in [-0.2, 0) is 11.2 Å². The lowest BCUT2D eigenvalue weighted by molar-refractivity contribution is 0.176. The second-order valence-electron chi connectivity index (χ2n) is 4.61. The molecule has 2 N–H and O–H groups in total. The van der Waals surface area contributed by atoms with Crippen LogP contribution in [0.3, 0.4) is 0 Å². The van der Waals surface area contributed by atoms with Crippen LogP contribution in [0.25, 0.3) is 11.5 Å². The molecule has 1 atom stereocenters. The number of aromatic nitrogens is 3. The molecule has 0 saturated carbocycles. The molecule has 0 saturated heterocycles. The quantitative estimate of drug-likeness (QED) is 0.873. The van der Waals surface area contributed by atoms with Crippen molar-refractivity contribution in [1.82, 2.24) is 15.1 Å². The normalized spacial score (nSPS) is 12.6. The third kappa shape index (κ3) is 3.36. The van der Waals surface area contributed by atoms with Gasteiger partial charge in [-0.25, -0.2) is 0 Å². The first-order valence-corrected chi connectivity index (χ1v) is 6.11. The SMILES string of the molecule is COCC(N)Cc1nc(-c2ncc(C)cc2C)no1. The largest absolute Gasteiger partial charge is 0.383 e. The van der Waals surface area contributed by atoms with Crippen molar-refractivity contribution in [3.63, 3.8) is 0 Å². The van der Waals surface area contributed by atoms with Gasteiger partial charge in [0.25, 0.3) is 0 Å². The summed E-state index contributed by atoms with van der Waals surface area (Å²) in [6.45, 7) is 4.43. The lowest BCUT2D eigenvalue weighted by Gasteiger charge is -2.05. The van der Waals surface area contributed by atoms with E-state index in [9.17, 15) is 0 Å². The number of aryl methyl sites for hydroxylation is 2. The molecule has 0 bridgehead atoms. The van der Waals surface area contributed by atoms with E-state index in [0.29, 0.717) is 24.7 Å². The van der Waals surface area contributed by atoms with Gasteiger partial charge in [-0.05, 0) is 25.0 Å². The Kier molecular flexibility index (Phi) is 4.24. The summed E-state index contributed by atoms with van der Waals surface area (Å²) < 4.78 is 10.2. The molecular weight excluding hydrogens is 244 g/mol. The zero-order valence-electron chi connectivity index (χ0n) is 11.4. The number of hydrogen-bond acceptors (Lipinski definition) is 6. The summed E-state index contributed by atoms with van der Waals surface area (Å²) in [6, 6.07) is 1.89. The van der Waals surface area contributed by atoms with E-state index in [1.54, 1.807) is 13.3 Å². The van der Waals surface area contributed by atoms with Gasteiger partial charge in [0.2, 0.25) is 11.7 Å². The van der Waals surface area contributed by atoms with Crippen LogP contribution in [0.4, 0.5) is 0 Å². The molecule has 2 aromatic rings. The molecule has 6 heteroatoms. The second kappa shape index (κ2) is 5.90. The van der Waals surface area contributed by atoms with Gasteiger partial charge in [-0.3, -0.25) is 4.98 Å². The molecule has 2 heterocycles. The van der Waals surface area contributed by atoms with Gasteiger partial charge in [-0.2, -0.15) is 4.98 Å². The highest BCUT2D eigenvalue weighted by Gasteiger charge is 2.14. The Morgan fingerprint density at radius 1 is 1.42 bits per heavy atom. The highest BCUT2D eigenvalue weighted by Crippen LogP contribution is 2.18. The molecule has 0 aliphatic rings. The maximum absolute atomic E-state index is 5.85. The minimum atomic E-state index is -0.148. The van der Waals surface area contributed by atoms with Gasteiger partial charge in [0.1, 0.15) is 5.69 Å². The van der Waals surface area contributed by atoms with Gasteiger partial charge in [0, 0.05) is 25.8 Å².